The summed E-state index contributed by atoms with van der Waals surface area (Å²) in [4.78, 5) is 13.5. The van der Waals surface area contributed by atoms with E-state index in [1.165, 1.54) is 6.92 Å². The molecule has 1 aliphatic heterocycles. The van der Waals surface area contributed by atoms with Crippen LogP contribution in [0.3, 0.4) is 0 Å². The maximum atomic E-state index is 13.9. The molecule has 1 saturated heterocycles. The number of carbonyl (C=O) groups is 1. The molecule has 116 valence electrons. The van der Waals surface area contributed by atoms with E-state index in [9.17, 15) is 13.6 Å². The van der Waals surface area contributed by atoms with Crippen LogP contribution in [0.15, 0.2) is 24.3 Å². The van der Waals surface area contributed by atoms with Crippen molar-refractivity contribution in [3.05, 3.63) is 29.8 Å². The van der Waals surface area contributed by atoms with E-state index in [2.05, 4.69) is 9.64 Å². The number of ether oxygens (including phenoxy) is 1. The third-order valence-corrected chi connectivity index (χ3v) is 3.66. The second kappa shape index (κ2) is 6.39. The van der Waals surface area contributed by atoms with Gasteiger partial charge in [-0.15, -0.1) is 0 Å². The summed E-state index contributed by atoms with van der Waals surface area (Å²) < 4.78 is 32.1. The first kappa shape index (κ1) is 15.7. The fraction of sp³-hybridized carbons (Fsp3) is 0.533. The van der Waals surface area contributed by atoms with Gasteiger partial charge in [0.05, 0.1) is 6.61 Å². The van der Waals surface area contributed by atoms with Crippen molar-refractivity contribution in [2.75, 3.05) is 24.6 Å². The van der Waals surface area contributed by atoms with Gasteiger partial charge >= 0.3 is 11.9 Å². The predicted molar refractivity (Wildman–Crippen MR) is 76.4 cm³/mol. The van der Waals surface area contributed by atoms with E-state index in [0.29, 0.717) is 0 Å². The molecule has 1 atom stereocenters. The highest BCUT2D eigenvalue weighted by atomic mass is 19.3. The number of anilines is 1. The van der Waals surface area contributed by atoms with Crippen LogP contribution in [0.1, 0.15) is 31.4 Å². The number of rotatable bonds is 5. The summed E-state index contributed by atoms with van der Waals surface area (Å²) in [6, 6.07) is 4.92. The zero-order valence-electron chi connectivity index (χ0n) is 12.0. The summed E-state index contributed by atoms with van der Waals surface area (Å²) in [6.07, 6.45) is 2.28. The molecule has 4 nitrogen and oxygen atoms in total. The maximum absolute atomic E-state index is 13.9. The minimum absolute atomic E-state index is 0.102. The number of hydrogen-bond donors (Lipinski definition) is 1. The van der Waals surface area contributed by atoms with Gasteiger partial charge < -0.3 is 15.4 Å². The van der Waals surface area contributed by atoms with Crippen molar-refractivity contribution in [2.45, 2.75) is 31.7 Å². The van der Waals surface area contributed by atoms with Crippen molar-refractivity contribution in [1.82, 2.24) is 0 Å². The Bertz CT molecular complexity index is 485. The quantitative estimate of drug-likeness (QED) is 0.849. The van der Waals surface area contributed by atoms with Gasteiger partial charge in [0, 0.05) is 18.8 Å². The normalized spacial score (nSPS) is 16.9. The summed E-state index contributed by atoms with van der Waals surface area (Å²) in [6.45, 7) is 3.33. The molecular weight excluding hydrogens is 278 g/mol. The van der Waals surface area contributed by atoms with Crippen LogP contribution in [-0.2, 0) is 9.53 Å². The van der Waals surface area contributed by atoms with Crippen LogP contribution in [0.5, 0.6) is 0 Å². The SMILES string of the molecule is CCOC(=O)C(F)(F)[C@@H](N)c1ccc(N2CCCC2)cc1. The number of esters is 1. The minimum Gasteiger partial charge on any atom is -0.462 e. The Balaban J connectivity index is 2.11. The van der Waals surface area contributed by atoms with Gasteiger partial charge in [-0.05, 0) is 37.5 Å². The Hall–Kier alpha value is -1.69. The lowest BCUT2D eigenvalue weighted by molar-refractivity contribution is -0.174. The Morgan fingerprint density at radius 2 is 1.90 bits per heavy atom. The molecule has 2 N–H and O–H groups in total. The summed E-state index contributed by atoms with van der Waals surface area (Å²) in [5.41, 5.74) is 6.75. The van der Waals surface area contributed by atoms with Gasteiger partial charge in [-0.25, -0.2) is 4.79 Å². The van der Waals surface area contributed by atoms with Crippen LogP contribution in [-0.4, -0.2) is 31.6 Å². The molecule has 1 fully saturated rings. The largest absolute Gasteiger partial charge is 0.462 e. The third-order valence-electron chi connectivity index (χ3n) is 3.66. The zero-order valence-corrected chi connectivity index (χ0v) is 12.0. The molecule has 0 radical (unpaired) electrons. The Labute approximate surface area is 122 Å². The highest BCUT2D eigenvalue weighted by Gasteiger charge is 2.47. The molecule has 0 bridgehead atoms. The van der Waals surface area contributed by atoms with Gasteiger partial charge in [0.15, 0.2) is 0 Å². The monoisotopic (exact) mass is 298 g/mol. The predicted octanol–water partition coefficient (Wildman–Crippen LogP) is 2.49. The van der Waals surface area contributed by atoms with Crippen LogP contribution >= 0.6 is 0 Å². The van der Waals surface area contributed by atoms with E-state index in [1.54, 1.807) is 24.3 Å². The Morgan fingerprint density at radius 1 is 1.33 bits per heavy atom. The molecule has 0 unspecified atom stereocenters. The van der Waals surface area contributed by atoms with Gasteiger partial charge in [0.1, 0.15) is 6.04 Å². The van der Waals surface area contributed by atoms with E-state index in [4.69, 9.17) is 5.73 Å². The second-order valence-corrected chi connectivity index (χ2v) is 5.11. The molecule has 1 aromatic rings. The standard InChI is InChI=1S/C15H20F2N2O2/c1-2-21-14(20)15(16,17)13(18)11-5-7-12(8-6-11)19-9-3-4-10-19/h5-8,13H,2-4,9-10,18H2,1H3/t13-/m0/s1. The highest BCUT2D eigenvalue weighted by molar-refractivity contribution is 5.79. The zero-order chi connectivity index (χ0) is 15.5. The van der Waals surface area contributed by atoms with Gasteiger partial charge in [0.2, 0.25) is 0 Å². The van der Waals surface area contributed by atoms with Crippen molar-refractivity contribution in [1.29, 1.82) is 0 Å². The lowest BCUT2D eigenvalue weighted by atomic mass is 10.0. The number of benzene rings is 1. The fourth-order valence-electron chi connectivity index (χ4n) is 2.43. The van der Waals surface area contributed by atoms with E-state index >= 15 is 0 Å². The lowest BCUT2D eigenvalue weighted by Gasteiger charge is -2.23. The first-order valence-electron chi connectivity index (χ1n) is 7.12. The Morgan fingerprint density at radius 3 is 2.43 bits per heavy atom. The first-order valence-corrected chi connectivity index (χ1v) is 7.12. The average molecular weight is 298 g/mol. The third kappa shape index (κ3) is 3.32. The van der Waals surface area contributed by atoms with Crippen LogP contribution < -0.4 is 10.6 Å². The number of nitrogens with zero attached hydrogens (tertiary/aromatic N) is 1. The average Bonchev–Trinajstić information content (AvgIpc) is 3.01. The number of alkyl halides is 2. The van der Waals surface area contributed by atoms with Crippen molar-refractivity contribution >= 4 is 11.7 Å². The molecule has 1 heterocycles. The van der Waals surface area contributed by atoms with Crippen molar-refractivity contribution in [2.24, 2.45) is 5.73 Å². The van der Waals surface area contributed by atoms with Gasteiger partial charge in [0.25, 0.3) is 0 Å². The Kier molecular flexibility index (Phi) is 4.77. The van der Waals surface area contributed by atoms with Crippen LogP contribution in [0.2, 0.25) is 0 Å². The fourth-order valence-corrected chi connectivity index (χ4v) is 2.43. The van der Waals surface area contributed by atoms with Crippen molar-refractivity contribution < 1.29 is 18.3 Å². The molecular formula is C15H20F2N2O2. The van der Waals surface area contributed by atoms with E-state index in [-0.39, 0.29) is 12.2 Å². The molecule has 0 spiro atoms. The van der Waals surface area contributed by atoms with Crippen molar-refractivity contribution in [3.63, 3.8) is 0 Å². The molecule has 1 aromatic carbocycles. The van der Waals surface area contributed by atoms with E-state index in [1.807, 2.05) is 0 Å². The number of nitrogens with two attached hydrogens (primary N) is 1. The molecule has 0 saturated carbocycles. The van der Waals surface area contributed by atoms with E-state index in [0.717, 1.165) is 31.6 Å². The first-order chi connectivity index (χ1) is 9.96. The molecule has 2 rings (SSSR count). The number of carbonyl (C=O) groups excluding carboxylic acids is 1. The summed E-state index contributed by atoms with van der Waals surface area (Å²) >= 11 is 0. The summed E-state index contributed by atoms with van der Waals surface area (Å²) in [5, 5.41) is 0. The topological polar surface area (TPSA) is 55.6 Å². The number of hydrogen-bond acceptors (Lipinski definition) is 4. The van der Waals surface area contributed by atoms with Crippen LogP contribution in [0.25, 0.3) is 0 Å². The molecule has 0 aliphatic carbocycles. The summed E-state index contributed by atoms with van der Waals surface area (Å²) in [5.74, 6) is -5.31. The lowest BCUT2D eigenvalue weighted by Crippen LogP contribution is -2.41. The van der Waals surface area contributed by atoms with Crippen LogP contribution in [0.4, 0.5) is 14.5 Å². The molecule has 0 amide bonds. The van der Waals surface area contributed by atoms with Crippen molar-refractivity contribution in [3.8, 4) is 0 Å². The smallest absolute Gasteiger partial charge is 0.379 e. The maximum Gasteiger partial charge on any atom is 0.379 e. The number of halogens is 2. The second-order valence-electron chi connectivity index (χ2n) is 5.11. The van der Waals surface area contributed by atoms with Gasteiger partial charge in [-0.2, -0.15) is 8.78 Å². The highest BCUT2D eigenvalue weighted by Crippen LogP contribution is 2.32. The molecule has 21 heavy (non-hydrogen) atoms. The van der Waals surface area contributed by atoms with Gasteiger partial charge in [-0.3, -0.25) is 0 Å². The molecule has 6 heteroatoms. The molecule has 0 aromatic heterocycles. The van der Waals surface area contributed by atoms with E-state index < -0.39 is 17.9 Å². The minimum atomic E-state index is -3.73. The van der Waals surface area contributed by atoms with Gasteiger partial charge in [-0.1, -0.05) is 12.1 Å². The molecule has 1 aliphatic rings. The van der Waals surface area contributed by atoms with Crippen LogP contribution in [0, 0.1) is 0 Å². The summed E-state index contributed by atoms with van der Waals surface area (Å²) in [7, 11) is 0.